The number of amides is 1. The van der Waals surface area contributed by atoms with E-state index in [1.54, 1.807) is 7.11 Å². The summed E-state index contributed by atoms with van der Waals surface area (Å²) in [6.45, 7) is 0. The van der Waals surface area contributed by atoms with Crippen molar-refractivity contribution < 1.29 is 9.53 Å². The summed E-state index contributed by atoms with van der Waals surface area (Å²) in [5.41, 5.74) is 2.59. The molecule has 2 rings (SSSR count). The van der Waals surface area contributed by atoms with Crippen molar-refractivity contribution in [3.8, 4) is 16.9 Å². The van der Waals surface area contributed by atoms with Crippen LogP contribution in [0.2, 0.25) is 0 Å². The Bertz CT molecular complexity index is 569. The normalized spacial score (nSPS) is 9.89. The van der Waals surface area contributed by atoms with Gasteiger partial charge in [-0.1, -0.05) is 34.1 Å². The fourth-order valence-electron chi connectivity index (χ4n) is 1.80. The smallest absolute Gasteiger partial charge is 0.211 e. The number of benzene rings is 2. The highest BCUT2D eigenvalue weighted by atomic mass is 79.9. The molecule has 0 spiro atoms. The van der Waals surface area contributed by atoms with Gasteiger partial charge >= 0.3 is 0 Å². The maximum Gasteiger partial charge on any atom is 0.211 e. The molecule has 2 aromatic rings. The average Bonchev–Trinajstić information content (AvgIpc) is 2.41. The number of methoxy groups -OCH3 is 1. The molecule has 0 fully saturated rings. The number of hydrogen-bond donors (Lipinski definition) is 1. The van der Waals surface area contributed by atoms with Crippen molar-refractivity contribution in [2.45, 2.75) is 0 Å². The van der Waals surface area contributed by atoms with Gasteiger partial charge in [-0.15, -0.1) is 0 Å². The Balaban J connectivity index is 2.61. The predicted molar refractivity (Wildman–Crippen MR) is 75.8 cm³/mol. The lowest BCUT2D eigenvalue weighted by atomic mass is 10.0. The maximum absolute atomic E-state index is 10.6. The van der Waals surface area contributed by atoms with Gasteiger partial charge < -0.3 is 10.1 Å². The van der Waals surface area contributed by atoms with Crippen molar-refractivity contribution in [2.75, 3.05) is 12.4 Å². The highest BCUT2D eigenvalue weighted by molar-refractivity contribution is 9.10. The maximum atomic E-state index is 10.6. The molecule has 1 N–H and O–H groups in total. The highest BCUT2D eigenvalue weighted by Crippen LogP contribution is 2.36. The summed E-state index contributed by atoms with van der Waals surface area (Å²) < 4.78 is 6.29. The summed E-state index contributed by atoms with van der Waals surface area (Å²) in [7, 11) is 1.63. The Kier molecular flexibility index (Phi) is 3.99. The first-order chi connectivity index (χ1) is 8.76. The van der Waals surface area contributed by atoms with Crippen LogP contribution in [0.1, 0.15) is 0 Å². The van der Waals surface area contributed by atoms with Gasteiger partial charge in [0.1, 0.15) is 5.75 Å². The third-order valence-electron chi connectivity index (χ3n) is 2.59. The molecule has 0 saturated carbocycles. The fourth-order valence-corrected chi connectivity index (χ4v) is 2.16. The van der Waals surface area contributed by atoms with E-state index < -0.39 is 0 Å². The van der Waals surface area contributed by atoms with Crippen LogP contribution < -0.4 is 10.1 Å². The molecular formula is C14H12BrNO2. The van der Waals surface area contributed by atoms with Crippen molar-refractivity contribution in [3.05, 3.63) is 46.9 Å². The number of carbonyl (C=O) groups is 1. The van der Waals surface area contributed by atoms with E-state index in [2.05, 4.69) is 21.2 Å². The van der Waals surface area contributed by atoms with E-state index in [1.807, 2.05) is 42.5 Å². The topological polar surface area (TPSA) is 38.3 Å². The second-order valence-electron chi connectivity index (χ2n) is 3.65. The molecule has 0 heterocycles. The average molecular weight is 306 g/mol. The molecular weight excluding hydrogens is 294 g/mol. The summed E-state index contributed by atoms with van der Waals surface area (Å²) in [5.74, 6) is 0.768. The Morgan fingerprint density at radius 1 is 1.17 bits per heavy atom. The molecule has 3 nitrogen and oxygen atoms in total. The molecule has 0 aliphatic heterocycles. The summed E-state index contributed by atoms with van der Waals surface area (Å²) in [6, 6.07) is 13.4. The molecule has 0 aliphatic rings. The van der Waals surface area contributed by atoms with Crippen LogP contribution >= 0.6 is 15.9 Å². The first-order valence-electron chi connectivity index (χ1n) is 5.39. The second kappa shape index (κ2) is 5.69. The zero-order valence-corrected chi connectivity index (χ0v) is 11.4. The van der Waals surface area contributed by atoms with Crippen molar-refractivity contribution in [2.24, 2.45) is 0 Å². The molecule has 0 unspecified atom stereocenters. The van der Waals surface area contributed by atoms with Crippen LogP contribution in [0, 0.1) is 0 Å². The molecule has 2 aromatic carbocycles. The Hall–Kier alpha value is -1.81. The van der Waals surface area contributed by atoms with Gasteiger partial charge in [-0.25, -0.2) is 0 Å². The SMILES string of the molecule is COc1ccccc1-c1cc(Br)ccc1NC=O. The van der Waals surface area contributed by atoms with Crippen molar-refractivity contribution in [1.29, 1.82) is 0 Å². The third-order valence-corrected chi connectivity index (χ3v) is 3.09. The number of rotatable bonds is 4. The van der Waals surface area contributed by atoms with Crippen LogP contribution in [-0.4, -0.2) is 13.5 Å². The van der Waals surface area contributed by atoms with E-state index >= 15 is 0 Å². The summed E-state index contributed by atoms with van der Waals surface area (Å²) in [4.78, 5) is 10.6. The number of nitrogens with one attached hydrogen (secondary N) is 1. The van der Waals surface area contributed by atoms with E-state index in [4.69, 9.17) is 4.74 Å². The fraction of sp³-hybridized carbons (Fsp3) is 0.0714. The molecule has 0 saturated heterocycles. The summed E-state index contributed by atoms with van der Waals surface area (Å²) >= 11 is 3.43. The van der Waals surface area contributed by atoms with Crippen LogP contribution in [-0.2, 0) is 4.79 Å². The second-order valence-corrected chi connectivity index (χ2v) is 4.57. The number of anilines is 1. The van der Waals surface area contributed by atoms with Gasteiger partial charge in [0.2, 0.25) is 6.41 Å². The number of halogens is 1. The third kappa shape index (κ3) is 2.54. The van der Waals surface area contributed by atoms with Gasteiger partial charge in [0.15, 0.2) is 0 Å². The standard InChI is InChI=1S/C14H12BrNO2/c1-18-14-5-3-2-4-11(14)12-8-10(15)6-7-13(12)16-9-17/h2-9H,1H3,(H,16,17). The lowest BCUT2D eigenvalue weighted by molar-refractivity contribution is -0.105. The van der Waals surface area contributed by atoms with Gasteiger partial charge in [0, 0.05) is 21.3 Å². The minimum absolute atomic E-state index is 0.669. The molecule has 4 heteroatoms. The predicted octanol–water partition coefficient (Wildman–Crippen LogP) is 3.69. The zero-order chi connectivity index (χ0) is 13.0. The van der Waals surface area contributed by atoms with Gasteiger partial charge in [0.05, 0.1) is 7.11 Å². The van der Waals surface area contributed by atoms with E-state index in [9.17, 15) is 4.79 Å². The van der Waals surface area contributed by atoms with E-state index in [0.717, 1.165) is 27.0 Å². The van der Waals surface area contributed by atoms with Gasteiger partial charge in [-0.2, -0.15) is 0 Å². The number of ether oxygens (including phenoxy) is 1. The Labute approximate surface area is 114 Å². The highest BCUT2D eigenvalue weighted by Gasteiger charge is 2.10. The van der Waals surface area contributed by atoms with E-state index in [-0.39, 0.29) is 0 Å². The minimum atomic E-state index is 0.669. The zero-order valence-electron chi connectivity index (χ0n) is 9.81. The summed E-state index contributed by atoms with van der Waals surface area (Å²) in [5, 5.41) is 2.70. The molecule has 0 radical (unpaired) electrons. The number of carbonyl (C=O) groups excluding carboxylic acids is 1. The van der Waals surface area contributed by atoms with Crippen LogP contribution in [0.25, 0.3) is 11.1 Å². The van der Waals surface area contributed by atoms with Gasteiger partial charge in [0.25, 0.3) is 0 Å². The lowest BCUT2D eigenvalue weighted by Gasteiger charge is -2.12. The van der Waals surface area contributed by atoms with Crippen LogP contribution in [0.5, 0.6) is 5.75 Å². The molecule has 0 aliphatic carbocycles. The van der Waals surface area contributed by atoms with Crippen LogP contribution in [0.15, 0.2) is 46.9 Å². The van der Waals surface area contributed by atoms with Gasteiger partial charge in [-0.3, -0.25) is 4.79 Å². The molecule has 0 aromatic heterocycles. The van der Waals surface area contributed by atoms with E-state index in [0.29, 0.717) is 6.41 Å². The molecule has 1 amide bonds. The molecule has 18 heavy (non-hydrogen) atoms. The Morgan fingerprint density at radius 3 is 2.67 bits per heavy atom. The monoisotopic (exact) mass is 305 g/mol. The largest absolute Gasteiger partial charge is 0.496 e. The van der Waals surface area contributed by atoms with E-state index in [1.165, 1.54) is 0 Å². The number of para-hydroxylation sites is 1. The molecule has 0 atom stereocenters. The van der Waals surface area contributed by atoms with Crippen molar-refractivity contribution in [3.63, 3.8) is 0 Å². The van der Waals surface area contributed by atoms with Crippen LogP contribution in [0.4, 0.5) is 5.69 Å². The molecule has 92 valence electrons. The first kappa shape index (κ1) is 12.6. The number of hydrogen-bond acceptors (Lipinski definition) is 2. The molecule has 0 bridgehead atoms. The first-order valence-corrected chi connectivity index (χ1v) is 6.18. The minimum Gasteiger partial charge on any atom is -0.496 e. The van der Waals surface area contributed by atoms with Crippen molar-refractivity contribution >= 4 is 28.0 Å². The van der Waals surface area contributed by atoms with Gasteiger partial charge in [-0.05, 0) is 24.3 Å². The summed E-state index contributed by atoms with van der Waals surface area (Å²) in [6.07, 6.45) is 0.669. The lowest BCUT2D eigenvalue weighted by Crippen LogP contribution is -1.97. The van der Waals surface area contributed by atoms with Crippen molar-refractivity contribution in [1.82, 2.24) is 0 Å². The quantitative estimate of drug-likeness (QED) is 0.875. The van der Waals surface area contributed by atoms with Crippen LogP contribution in [0.3, 0.4) is 0 Å². The Morgan fingerprint density at radius 2 is 1.94 bits per heavy atom.